The third-order valence-corrected chi connectivity index (χ3v) is 8.29. The first-order valence-corrected chi connectivity index (χ1v) is 13.0. The molecule has 0 bridgehead atoms. The number of nitrogens with zero attached hydrogens (tertiary/aromatic N) is 5. The third kappa shape index (κ3) is 4.10. The number of pyridine rings is 1. The van der Waals surface area contributed by atoms with E-state index in [4.69, 9.17) is 14.2 Å². The number of anilines is 1. The van der Waals surface area contributed by atoms with E-state index < -0.39 is 0 Å². The molecule has 35 heavy (non-hydrogen) atoms. The summed E-state index contributed by atoms with van der Waals surface area (Å²) in [6.45, 7) is 11.8. The number of hydrogen-bond acceptors (Lipinski definition) is 7. The van der Waals surface area contributed by atoms with Crippen LogP contribution in [0.15, 0.2) is 16.7 Å². The third-order valence-electron chi connectivity index (χ3n) is 8.29. The Hall–Kier alpha value is -2.58. The number of ether oxygens (including phenoxy) is 1. The highest BCUT2D eigenvalue weighted by molar-refractivity contribution is 5.93. The molecule has 3 aromatic rings. The number of halogens is 1. The molecule has 2 atom stereocenters. The fraction of sp³-hybridized carbons (Fsp3) is 0.593. The van der Waals surface area contributed by atoms with E-state index in [-0.39, 0.29) is 5.82 Å². The molecule has 1 unspecified atom stereocenters. The van der Waals surface area contributed by atoms with Crippen LogP contribution in [0.2, 0.25) is 0 Å². The van der Waals surface area contributed by atoms with Crippen molar-refractivity contribution < 1.29 is 13.7 Å². The topological polar surface area (TPSA) is 67.5 Å². The number of aromatic nitrogens is 3. The van der Waals surface area contributed by atoms with Crippen LogP contribution in [0.4, 0.5) is 10.2 Å². The standard InChI is InChI=1S/C27H34FN5O2/c1-4-18-11-21-16(2)24(27-29-17(3)31-35-27)26(30-25(21)22(28)12-18)33-14-20-5-8-32(23(20)15-33)13-19-6-9-34-10-7-19/h11-12,19-20,23H,4-10,13-15H2,1-3H3/t20-,23?/m0/s1. The van der Waals surface area contributed by atoms with Crippen molar-refractivity contribution in [2.24, 2.45) is 11.8 Å². The molecule has 2 aromatic heterocycles. The van der Waals surface area contributed by atoms with Gasteiger partial charge in [0.15, 0.2) is 5.82 Å². The van der Waals surface area contributed by atoms with E-state index in [2.05, 4.69) is 19.9 Å². The summed E-state index contributed by atoms with van der Waals surface area (Å²) in [5.74, 6) is 2.86. The van der Waals surface area contributed by atoms with Gasteiger partial charge in [0.2, 0.25) is 0 Å². The first-order valence-electron chi connectivity index (χ1n) is 13.0. The zero-order valence-electron chi connectivity index (χ0n) is 20.9. The van der Waals surface area contributed by atoms with Crippen LogP contribution in [0.25, 0.3) is 22.4 Å². The van der Waals surface area contributed by atoms with Gasteiger partial charge < -0.3 is 14.2 Å². The van der Waals surface area contributed by atoms with Crippen LogP contribution in [0, 0.1) is 31.5 Å². The van der Waals surface area contributed by atoms with Gasteiger partial charge in [-0.25, -0.2) is 9.37 Å². The number of likely N-dealkylation sites (tertiary alicyclic amines) is 1. The fourth-order valence-corrected chi connectivity index (χ4v) is 6.32. The number of benzene rings is 1. The molecule has 0 saturated carbocycles. The Kier molecular flexibility index (Phi) is 5.96. The first kappa shape index (κ1) is 22.9. The summed E-state index contributed by atoms with van der Waals surface area (Å²) < 4.78 is 26.4. The van der Waals surface area contributed by atoms with Gasteiger partial charge in [0.05, 0.1) is 5.56 Å². The van der Waals surface area contributed by atoms with Gasteiger partial charge in [0.25, 0.3) is 5.89 Å². The van der Waals surface area contributed by atoms with Crippen molar-refractivity contribution in [3.63, 3.8) is 0 Å². The molecule has 8 heteroatoms. The molecule has 0 amide bonds. The van der Waals surface area contributed by atoms with Crippen LogP contribution in [-0.4, -0.2) is 65.5 Å². The van der Waals surface area contributed by atoms with E-state index in [0.29, 0.717) is 29.2 Å². The smallest absolute Gasteiger partial charge is 0.261 e. The molecule has 0 radical (unpaired) electrons. The van der Waals surface area contributed by atoms with Gasteiger partial charge in [-0.2, -0.15) is 4.98 Å². The Morgan fingerprint density at radius 3 is 2.66 bits per heavy atom. The van der Waals surface area contributed by atoms with Crippen molar-refractivity contribution >= 4 is 16.7 Å². The SMILES string of the molecule is CCc1cc(F)c2nc(N3CC4[C@@H](CCN4CC4CCOCC4)C3)c(-c3nc(C)no3)c(C)c2c1. The number of fused-ring (bicyclic) bond motifs is 2. The second kappa shape index (κ2) is 9.13. The van der Waals surface area contributed by atoms with E-state index in [1.54, 1.807) is 6.07 Å². The van der Waals surface area contributed by atoms with Crippen LogP contribution < -0.4 is 4.90 Å². The zero-order valence-corrected chi connectivity index (χ0v) is 20.9. The van der Waals surface area contributed by atoms with Crippen molar-refractivity contribution in [2.45, 2.75) is 52.5 Å². The minimum atomic E-state index is -0.266. The summed E-state index contributed by atoms with van der Waals surface area (Å²) in [5.41, 5.74) is 3.16. The molecule has 3 saturated heterocycles. The summed E-state index contributed by atoms with van der Waals surface area (Å²) >= 11 is 0. The van der Waals surface area contributed by atoms with Crippen LogP contribution in [0.1, 0.15) is 43.1 Å². The average Bonchev–Trinajstić information content (AvgIpc) is 3.57. The van der Waals surface area contributed by atoms with Gasteiger partial charge in [-0.3, -0.25) is 4.90 Å². The van der Waals surface area contributed by atoms with Crippen LogP contribution >= 0.6 is 0 Å². The van der Waals surface area contributed by atoms with Crippen molar-refractivity contribution in [3.05, 3.63) is 34.9 Å². The lowest BCUT2D eigenvalue weighted by molar-refractivity contribution is 0.0509. The molecule has 3 aliphatic heterocycles. The molecule has 186 valence electrons. The molecule has 0 spiro atoms. The quantitative estimate of drug-likeness (QED) is 0.532. The highest BCUT2D eigenvalue weighted by Crippen LogP contribution is 2.41. The Bertz CT molecular complexity index is 1240. The Labute approximate surface area is 205 Å². The minimum absolute atomic E-state index is 0.266. The van der Waals surface area contributed by atoms with E-state index in [1.807, 2.05) is 26.8 Å². The summed E-state index contributed by atoms with van der Waals surface area (Å²) in [6, 6.07) is 4.16. The molecular formula is C27H34FN5O2. The summed E-state index contributed by atoms with van der Waals surface area (Å²) in [4.78, 5) is 14.5. The Morgan fingerprint density at radius 1 is 1.09 bits per heavy atom. The minimum Gasteiger partial charge on any atom is -0.381 e. The summed E-state index contributed by atoms with van der Waals surface area (Å²) in [5, 5.41) is 4.86. The summed E-state index contributed by atoms with van der Waals surface area (Å²) in [6.07, 6.45) is 4.27. The van der Waals surface area contributed by atoms with Crippen molar-refractivity contribution in [2.75, 3.05) is 44.3 Å². The fourth-order valence-electron chi connectivity index (χ4n) is 6.32. The van der Waals surface area contributed by atoms with Gasteiger partial charge in [-0.15, -0.1) is 0 Å². The Morgan fingerprint density at radius 2 is 1.91 bits per heavy atom. The van der Waals surface area contributed by atoms with Crippen LogP contribution in [0.5, 0.6) is 0 Å². The maximum atomic E-state index is 15.2. The van der Waals surface area contributed by atoms with Gasteiger partial charge in [0.1, 0.15) is 17.2 Å². The lowest BCUT2D eigenvalue weighted by atomic mass is 9.99. The highest BCUT2D eigenvalue weighted by Gasteiger charge is 2.43. The normalized spacial score (nSPS) is 23.5. The lowest BCUT2D eigenvalue weighted by Gasteiger charge is -2.31. The van der Waals surface area contributed by atoms with Crippen molar-refractivity contribution in [3.8, 4) is 11.5 Å². The molecule has 3 aliphatic rings. The highest BCUT2D eigenvalue weighted by atomic mass is 19.1. The first-order chi connectivity index (χ1) is 17.0. The number of hydrogen-bond donors (Lipinski definition) is 0. The predicted molar refractivity (Wildman–Crippen MR) is 133 cm³/mol. The molecule has 3 fully saturated rings. The molecule has 7 nitrogen and oxygen atoms in total. The van der Waals surface area contributed by atoms with E-state index in [1.165, 1.54) is 6.42 Å². The average molecular weight is 480 g/mol. The summed E-state index contributed by atoms with van der Waals surface area (Å²) in [7, 11) is 0. The molecular weight excluding hydrogens is 445 g/mol. The van der Waals surface area contributed by atoms with Crippen LogP contribution in [-0.2, 0) is 11.2 Å². The molecule has 1 aromatic carbocycles. The van der Waals surface area contributed by atoms with Gasteiger partial charge in [-0.1, -0.05) is 12.1 Å². The van der Waals surface area contributed by atoms with Crippen molar-refractivity contribution in [1.29, 1.82) is 0 Å². The van der Waals surface area contributed by atoms with Gasteiger partial charge in [-0.05, 0) is 81.2 Å². The number of aryl methyl sites for hydroxylation is 3. The van der Waals surface area contributed by atoms with Crippen LogP contribution in [0.3, 0.4) is 0 Å². The largest absolute Gasteiger partial charge is 0.381 e. The molecule has 0 N–H and O–H groups in total. The van der Waals surface area contributed by atoms with E-state index >= 15 is 4.39 Å². The number of rotatable bonds is 5. The maximum absolute atomic E-state index is 15.2. The second-order valence-corrected chi connectivity index (χ2v) is 10.5. The van der Waals surface area contributed by atoms with E-state index in [0.717, 1.165) is 92.5 Å². The predicted octanol–water partition coefficient (Wildman–Crippen LogP) is 4.54. The second-order valence-electron chi connectivity index (χ2n) is 10.5. The van der Waals surface area contributed by atoms with E-state index in [9.17, 15) is 0 Å². The molecule has 6 rings (SSSR count). The Balaban J connectivity index is 1.38. The molecule has 5 heterocycles. The zero-order chi connectivity index (χ0) is 24.1. The monoisotopic (exact) mass is 479 g/mol. The lowest BCUT2D eigenvalue weighted by Crippen LogP contribution is -2.39. The van der Waals surface area contributed by atoms with Gasteiger partial charge >= 0.3 is 0 Å². The van der Waals surface area contributed by atoms with Crippen molar-refractivity contribution in [1.82, 2.24) is 20.0 Å². The molecule has 0 aliphatic carbocycles. The van der Waals surface area contributed by atoms with Gasteiger partial charge in [0, 0.05) is 44.3 Å². The maximum Gasteiger partial charge on any atom is 0.261 e.